The maximum absolute atomic E-state index is 13.9. The smallest absolute Gasteiger partial charge is 0.408 e. The monoisotopic (exact) mass is 473 g/mol. The summed E-state index contributed by atoms with van der Waals surface area (Å²) < 4.78 is 19.2. The first kappa shape index (κ1) is 24.0. The van der Waals surface area contributed by atoms with E-state index in [0.29, 0.717) is 0 Å². The van der Waals surface area contributed by atoms with Crippen molar-refractivity contribution in [2.45, 2.75) is 38.5 Å². The molecule has 0 bridgehead atoms. The molecule has 35 heavy (non-hydrogen) atoms. The van der Waals surface area contributed by atoms with Crippen LogP contribution in [0.25, 0.3) is 10.9 Å². The van der Waals surface area contributed by atoms with Gasteiger partial charge in [-0.2, -0.15) is 0 Å². The zero-order chi connectivity index (χ0) is 24.8. The minimum atomic E-state index is -1.33. The third-order valence-corrected chi connectivity index (χ3v) is 6.06. The molecule has 7 heteroatoms. The second-order valence-electron chi connectivity index (χ2n) is 8.77. The van der Waals surface area contributed by atoms with Gasteiger partial charge in [-0.05, 0) is 37.1 Å². The fraction of sp³-hybridized carbons (Fsp3) is 0.214. The standard InChI is InChI=1S/C28H28FN3O3/c1-19(20-10-4-3-5-11-20)31-26(33)28(2,16-22-17-30-25-15-9-7-13-23(22)25)32-27(34)35-18-21-12-6-8-14-24(21)29/h3-15,17,19,30H,16,18H2,1-2H3,(H,31,33)(H,32,34)/t19-,28+/m0/s1. The lowest BCUT2D eigenvalue weighted by molar-refractivity contribution is -0.127. The molecule has 0 unspecified atom stereocenters. The van der Waals surface area contributed by atoms with E-state index in [1.54, 1.807) is 25.1 Å². The number of carbonyl (C=O) groups excluding carboxylic acids is 2. The number of aromatic nitrogens is 1. The zero-order valence-electron chi connectivity index (χ0n) is 19.7. The Morgan fingerprint density at radius 3 is 2.43 bits per heavy atom. The van der Waals surface area contributed by atoms with Gasteiger partial charge in [0.2, 0.25) is 5.91 Å². The predicted octanol–water partition coefficient (Wildman–Crippen LogP) is 5.41. The number of hydrogen-bond donors (Lipinski definition) is 3. The van der Waals surface area contributed by atoms with Gasteiger partial charge in [0, 0.05) is 29.1 Å². The van der Waals surface area contributed by atoms with Crippen molar-refractivity contribution in [3.05, 3.63) is 108 Å². The number of ether oxygens (including phenoxy) is 1. The minimum absolute atomic E-state index is 0.221. The van der Waals surface area contributed by atoms with Crippen molar-refractivity contribution in [3.63, 3.8) is 0 Å². The predicted molar refractivity (Wildman–Crippen MR) is 133 cm³/mol. The Morgan fingerprint density at radius 1 is 0.971 bits per heavy atom. The Hall–Kier alpha value is -4.13. The summed E-state index contributed by atoms with van der Waals surface area (Å²) in [7, 11) is 0. The van der Waals surface area contributed by atoms with E-state index < -0.39 is 17.4 Å². The fourth-order valence-electron chi connectivity index (χ4n) is 4.04. The van der Waals surface area contributed by atoms with E-state index in [0.717, 1.165) is 22.0 Å². The van der Waals surface area contributed by atoms with Crippen molar-refractivity contribution in [2.75, 3.05) is 0 Å². The number of alkyl carbamates (subject to hydrolysis) is 1. The number of nitrogens with one attached hydrogen (secondary N) is 3. The molecule has 2 amide bonds. The number of benzene rings is 3. The summed E-state index contributed by atoms with van der Waals surface area (Å²) in [6.45, 7) is 3.30. The molecule has 0 aliphatic heterocycles. The third-order valence-electron chi connectivity index (χ3n) is 6.06. The van der Waals surface area contributed by atoms with E-state index in [1.165, 1.54) is 6.07 Å². The summed E-state index contributed by atoms with van der Waals surface area (Å²) in [6.07, 6.45) is 1.25. The van der Waals surface area contributed by atoms with Crippen molar-refractivity contribution < 1.29 is 18.7 Å². The van der Waals surface area contributed by atoms with Crippen molar-refractivity contribution >= 4 is 22.9 Å². The first-order valence-electron chi connectivity index (χ1n) is 11.4. The SMILES string of the molecule is C[C@H](NC(=O)[C@@](C)(Cc1c[nH]c2ccccc12)NC(=O)OCc1ccccc1F)c1ccccc1. The highest BCUT2D eigenvalue weighted by atomic mass is 19.1. The summed E-state index contributed by atoms with van der Waals surface area (Å²) in [6, 6.07) is 23.1. The molecule has 3 aromatic carbocycles. The first-order valence-corrected chi connectivity index (χ1v) is 11.4. The summed E-state index contributed by atoms with van der Waals surface area (Å²) in [4.78, 5) is 29.5. The number of halogens is 1. The molecular formula is C28H28FN3O3. The molecule has 0 aliphatic rings. The van der Waals surface area contributed by atoms with Gasteiger partial charge in [-0.15, -0.1) is 0 Å². The van der Waals surface area contributed by atoms with E-state index in [1.807, 2.05) is 67.7 Å². The van der Waals surface area contributed by atoms with Crippen LogP contribution in [-0.4, -0.2) is 22.5 Å². The molecule has 2 atom stereocenters. The molecular weight excluding hydrogens is 445 g/mol. The maximum atomic E-state index is 13.9. The Morgan fingerprint density at radius 2 is 1.66 bits per heavy atom. The van der Waals surface area contributed by atoms with Crippen LogP contribution in [-0.2, 0) is 22.6 Å². The number of H-pyrrole nitrogens is 1. The van der Waals surface area contributed by atoms with Gasteiger partial charge in [-0.3, -0.25) is 4.79 Å². The lowest BCUT2D eigenvalue weighted by atomic mass is 9.91. The van der Waals surface area contributed by atoms with Crippen LogP contribution >= 0.6 is 0 Å². The van der Waals surface area contributed by atoms with Gasteiger partial charge in [0.1, 0.15) is 18.0 Å². The quantitative estimate of drug-likeness (QED) is 0.320. The maximum Gasteiger partial charge on any atom is 0.408 e. The molecule has 1 heterocycles. The molecule has 0 spiro atoms. The lowest BCUT2D eigenvalue weighted by Crippen LogP contribution is -2.58. The Bertz CT molecular complexity index is 1320. The number of aromatic amines is 1. The van der Waals surface area contributed by atoms with Gasteiger partial charge in [-0.25, -0.2) is 9.18 Å². The van der Waals surface area contributed by atoms with Crippen LogP contribution in [0.4, 0.5) is 9.18 Å². The number of hydrogen-bond acceptors (Lipinski definition) is 3. The highest BCUT2D eigenvalue weighted by Crippen LogP contribution is 2.24. The van der Waals surface area contributed by atoms with E-state index >= 15 is 0 Å². The molecule has 0 aliphatic carbocycles. The number of rotatable bonds is 8. The number of carbonyl (C=O) groups is 2. The van der Waals surface area contributed by atoms with Crippen LogP contribution in [0, 0.1) is 5.82 Å². The summed E-state index contributed by atoms with van der Waals surface area (Å²) in [5.74, 6) is -0.821. The van der Waals surface area contributed by atoms with Gasteiger partial charge < -0.3 is 20.4 Å². The summed E-state index contributed by atoms with van der Waals surface area (Å²) in [5.41, 5.74) is 1.67. The van der Waals surface area contributed by atoms with Crippen molar-refractivity contribution in [3.8, 4) is 0 Å². The molecule has 0 saturated carbocycles. The second kappa shape index (κ2) is 10.4. The fourth-order valence-corrected chi connectivity index (χ4v) is 4.04. The number of fused-ring (bicyclic) bond motifs is 1. The lowest BCUT2D eigenvalue weighted by Gasteiger charge is -2.31. The summed E-state index contributed by atoms with van der Waals surface area (Å²) in [5, 5.41) is 6.70. The van der Waals surface area contributed by atoms with Gasteiger partial charge in [0.15, 0.2) is 0 Å². The third kappa shape index (κ3) is 5.69. The molecule has 0 radical (unpaired) electrons. The molecule has 1 aromatic heterocycles. The van der Waals surface area contributed by atoms with Gasteiger partial charge in [0.05, 0.1) is 6.04 Å². The van der Waals surface area contributed by atoms with Crippen molar-refractivity contribution in [1.82, 2.24) is 15.6 Å². The summed E-state index contributed by atoms with van der Waals surface area (Å²) >= 11 is 0. The van der Waals surface area contributed by atoms with Crippen LogP contribution in [0.1, 0.15) is 36.6 Å². The molecule has 4 aromatic rings. The number of para-hydroxylation sites is 1. The van der Waals surface area contributed by atoms with Crippen LogP contribution in [0.5, 0.6) is 0 Å². The Kier molecular flexibility index (Phi) is 7.15. The Labute approximate surface area is 203 Å². The normalized spacial score (nSPS) is 13.6. The van der Waals surface area contributed by atoms with Crippen molar-refractivity contribution in [2.24, 2.45) is 0 Å². The molecule has 0 fully saturated rings. The highest BCUT2D eigenvalue weighted by molar-refractivity contribution is 5.91. The van der Waals surface area contributed by atoms with Crippen LogP contribution in [0.3, 0.4) is 0 Å². The second-order valence-corrected chi connectivity index (χ2v) is 8.77. The highest BCUT2D eigenvalue weighted by Gasteiger charge is 2.37. The largest absolute Gasteiger partial charge is 0.445 e. The van der Waals surface area contributed by atoms with Crippen LogP contribution in [0.2, 0.25) is 0 Å². The van der Waals surface area contributed by atoms with Gasteiger partial charge in [0.25, 0.3) is 0 Å². The van der Waals surface area contributed by atoms with Crippen LogP contribution in [0.15, 0.2) is 85.1 Å². The molecule has 0 saturated heterocycles. The van der Waals surface area contributed by atoms with E-state index in [2.05, 4.69) is 15.6 Å². The minimum Gasteiger partial charge on any atom is -0.445 e. The van der Waals surface area contributed by atoms with E-state index in [-0.39, 0.29) is 30.5 Å². The number of amides is 2. The van der Waals surface area contributed by atoms with Crippen molar-refractivity contribution in [1.29, 1.82) is 0 Å². The first-order chi connectivity index (χ1) is 16.9. The topological polar surface area (TPSA) is 83.2 Å². The zero-order valence-corrected chi connectivity index (χ0v) is 19.7. The van der Waals surface area contributed by atoms with E-state index in [9.17, 15) is 14.0 Å². The van der Waals surface area contributed by atoms with Gasteiger partial charge >= 0.3 is 6.09 Å². The van der Waals surface area contributed by atoms with Gasteiger partial charge in [-0.1, -0.05) is 66.7 Å². The molecule has 4 rings (SSSR count). The molecule has 3 N–H and O–H groups in total. The van der Waals surface area contributed by atoms with E-state index in [4.69, 9.17) is 4.74 Å². The average molecular weight is 474 g/mol. The average Bonchev–Trinajstić information content (AvgIpc) is 3.26. The molecule has 6 nitrogen and oxygen atoms in total. The van der Waals surface area contributed by atoms with Crippen LogP contribution < -0.4 is 10.6 Å². The molecule has 180 valence electrons. The Balaban J connectivity index is 1.54.